The summed E-state index contributed by atoms with van der Waals surface area (Å²) in [6.07, 6.45) is -1.99. The highest BCUT2D eigenvalue weighted by atomic mass is 127. The molecule has 0 radical (unpaired) electrons. The molecule has 0 spiro atoms. The summed E-state index contributed by atoms with van der Waals surface area (Å²) in [6, 6.07) is 3.27. The molecule has 0 bridgehead atoms. The Balaban J connectivity index is 1.37. The Kier molecular flexibility index (Phi) is 7.77. The van der Waals surface area contributed by atoms with Gasteiger partial charge in [0.25, 0.3) is 0 Å². The number of ether oxygens (including phenoxy) is 2. The van der Waals surface area contributed by atoms with Gasteiger partial charge < -0.3 is 24.0 Å². The van der Waals surface area contributed by atoms with Gasteiger partial charge in [-0.3, -0.25) is 15.0 Å². The predicted octanol–water partition coefficient (Wildman–Crippen LogP) is 5.53. The Hall–Kier alpha value is -3.35. The van der Waals surface area contributed by atoms with Crippen LogP contribution in [0.2, 0.25) is 0 Å². The molecule has 0 amide bonds. The monoisotopic (exact) mass is 794 g/mol. The van der Waals surface area contributed by atoms with Gasteiger partial charge in [-0.1, -0.05) is 0 Å². The lowest BCUT2D eigenvalue weighted by molar-refractivity contribution is -0.137. The van der Waals surface area contributed by atoms with Gasteiger partial charge in [-0.25, -0.2) is 4.39 Å². The number of rotatable bonds is 5. The third-order valence-corrected chi connectivity index (χ3v) is 11.0. The summed E-state index contributed by atoms with van der Waals surface area (Å²) in [5.74, 6) is 0.451. The molecule has 8 rings (SSSR count). The fraction of sp³-hybridized carbons (Fsp3) is 0.515. The number of hydrogen-bond acceptors (Lipinski definition) is 9. The number of aromatic amines is 1. The number of nitrogens with one attached hydrogen (secondary N) is 1. The van der Waals surface area contributed by atoms with E-state index in [0.717, 1.165) is 19.4 Å². The first-order chi connectivity index (χ1) is 23.3. The van der Waals surface area contributed by atoms with Crippen molar-refractivity contribution in [3.63, 3.8) is 0 Å². The number of hydrogen-bond donors (Lipinski definition) is 2. The summed E-state index contributed by atoms with van der Waals surface area (Å²) in [5.41, 5.74) is -1.04. The minimum atomic E-state index is -4.68. The van der Waals surface area contributed by atoms with E-state index in [4.69, 9.17) is 19.4 Å². The number of aryl methyl sites for hydroxylation is 2. The van der Waals surface area contributed by atoms with Gasteiger partial charge in [0.1, 0.15) is 33.5 Å². The van der Waals surface area contributed by atoms with E-state index in [1.165, 1.54) is 19.2 Å². The van der Waals surface area contributed by atoms with E-state index in [9.17, 15) is 22.7 Å². The van der Waals surface area contributed by atoms with Crippen LogP contribution in [-0.2, 0) is 18.0 Å². The Morgan fingerprint density at radius 2 is 2.04 bits per heavy atom. The molecule has 3 aliphatic heterocycles. The number of β-amino-alcohol motifs (C(OH)–C–C–N with tert-alkyl or cyclic N) is 1. The van der Waals surface area contributed by atoms with E-state index in [0.29, 0.717) is 68.5 Å². The predicted molar refractivity (Wildman–Crippen MR) is 184 cm³/mol. The molecule has 16 heteroatoms. The van der Waals surface area contributed by atoms with E-state index in [2.05, 4.69) is 20.1 Å². The first-order valence-electron chi connectivity index (χ1n) is 16.2. The number of benzene rings is 1. The second-order valence-corrected chi connectivity index (χ2v) is 14.9. The summed E-state index contributed by atoms with van der Waals surface area (Å²) in [4.78, 5) is 18.4. The molecule has 0 aliphatic carbocycles. The number of pyridine rings is 1. The van der Waals surface area contributed by atoms with E-state index in [1.54, 1.807) is 24.6 Å². The largest absolute Gasteiger partial charge is 0.461 e. The Morgan fingerprint density at radius 3 is 2.84 bits per heavy atom. The van der Waals surface area contributed by atoms with Crippen LogP contribution in [0.15, 0.2) is 18.3 Å². The van der Waals surface area contributed by atoms with Gasteiger partial charge in [0.15, 0.2) is 0 Å². The topological polar surface area (TPSA) is 117 Å². The molecule has 0 saturated carbocycles. The zero-order valence-electron chi connectivity index (χ0n) is 27.2. The lowest BCUT2D eigenvalue weighted by Crippen LogP contribution is -2.44. The standard InChI is InChI=1S/C33H35F4IN8O3/c1-17-11-20-22(27(38)43-42-20)23(24(17)33(35,36)37)25-26-19(5-7-39-25)21-28(44(26)3)40-30(41-29(21)45-9-10-48-15-31(2,47)14-45)49-16-32-6-4-8-46(32)13-18(34)12-32/h5,7,11,18,47H,4,6,8-10,12-16H2,1-3H3,(H,42,43)/t18-,31+,32+/m1/s1. The zero-order valence-corrected chi connectivity index (χ0v) is 29.3. The van der Waals surface area contributed by atoms with E-state index >= 15 is 0 Å². The molecule has 0 unspecified atom stereocenters. The van der Waals surface area contributed by atoms with Gasteiger partial charge in [0.05, 0.1) is 53.0 Å². The van der Waals surface area contributed by atoms with Gasteiger partial charge in [-0.15, -0.1) is 0 Å². The van der Waals surface area contributed by atoms with Crippen LogP contribution in [0.3, 0.4) is 0 Å². The van der Waals surface area contributed by atoms with Crippen molar-refractivity contribution < 1.29 is 32.1 Å². The Bertz CT molecular complexity index is 2120. The summed E-state index contributed by atoms with van der Waals surface area (Å²) in [7, 11) is 1.74. The number of fused-ring (bicyclic) bond motifs is 5. The second kappa shape index (κ2) is 11.6. The van der Waals surface area contributed by atoms with Gasteiger partial charge in [-0.05, 0) is 73.5 Å². The molecule has 49 heavy (non-hydrogen) atoms. The molecule has 3 atom stereocenters. The molecule has 260 valence electrons. The van der Waals surface area contributed by atoms with Gasteiger partial charge in [-0.2, -0.15) is 28.2 Å². The first kappa shape index (κ1) is 32.8. The lowest BCUT2D eigenvalue weighted by atomic mass is 9.94. The maximum Gasteiger partial charge on any atom is 0.417 e. The molecular formula is C33H35F4IN8O3. The van der Waals surface area contributed by atoms with Gasteiger partial charge in [0, 0.05) is 49.1 Å². The highest BCUT2D eigenvalue weighted by Gasteiger charge is 2.49. The quantitative estimate of drug-likeness (QED) is 0.175. The molecule has 4 aromatic heterocycles. The van der Waals surface area contributed by atoms with E-state index in [1.807, 2.05) is 27.5 Å². The van der Waals surface area contributed by atoms with Crippen LogP contribution in [0.1, 0.15) is 37.3 Å². The average molecular weight is 795 g/mol. The van der Waals surface area contributed by atoms with Crippen molar-refractivity contribution in [1.82, 2.24) is 34.6 Å². The molecule has 3 saturated heterocycles. The minimum Gasteiger partial charge on any atom is -0.461 e. The lowest BCUT2D eigenvalue weighted by Gasteiger charge is -2.31. The first-order valence-corrected chi connectivity index (χ1v) is 17.3. The number of anilines is 1. The third kappa shape index (κ3) is 5.40. The fourth-order valence-corrected chi connectivity index (χ4v) is 8.88. The number of halogens is 5. The number of aliphatic hydroxyl groups is 1. The summed E-state index contributed by atoms with van der Waals surface area (Å²) in [6.45, 7) is 5.51. The van der Waals surface area contributed by atoms with Crippen LogP contribution < -0.4 is 9.64 Å². The van der Waals surface area contributed by atoms with Crippen LogP contribution >= 0.6 is 22.6 Å². The van der Waals surface area contributed by atoms with Crippen molar-refractivity contribution in [1.29, 1.82) is 0 Å². The third-order valence-electron chi connectivity index (χ3n) is 10.2. The molecule has 11 nitrogen and oxygen atoms in total. The highest BCUT2D eigenvalue weighted by Crippen LogP contribution is 2.47. The Morgan fingerprint density at radius 1 is 1.22 bits per heavy atom. The van der Waals surface area contributed by atoms with Crippen molar-refractivity contribution in [2.45, 2.75) is 56.6 Å². The smallest absolute Gasteiger partial charge is 0.417 e. The van der Waals surface area contributed by atoms with Crippen molar-refractivity contribution in [2.75, 3.05) is 50.9 Å². The summed E-state index contributed by atoms with van der Waals surface area (Å²) >= 11 is 1.94. The normalized spacial score (nSPS) is 25.2. The van der Waals surface area contributed by atoms with Crippen molar-refractivity contribution in [3.8, 4) is 17.3 Å². The van der Waals surface area contributed by atoms with Gasteiger partial charge >= 0.3 is 12.2 Å². The molecule has 3 aliphatic rings. The number of H-pyrrole nitrogens is 1. The van der Waals surface area contributed by atoms with Crippen LogP contribution in [0.25, 0.3) is 44.1 Å². The van der Waals surface area contributed by atoms with Crippen LogP contribution in [0.5, 0.6) is 6.01 Å². The number of alkyl halides is 4. The van der Waals surface area contributed by atoms with Crippen molar-refractivity contribution in [3.05, 3.63) is 33.2 Å². The number of aromatic nitrogens is 6. The molecule has 7 heterocycles. The summed E-state index contributed by atoms with van der Waals surface area (Å²) in [5, 5.41) is 19.7. The SMILES string of the molecule is Cc1cc2[nH]nc(I)c2c(-c2nccc3c4c(N5CCOC[C@@](C)(O)C5)nc(OC[C@@]56CCCN5C[C@H](F)C6)nc4n(C)c23)c1C(F)(F)F. The molecule has 1 aromatic carbocycles. The van der Waals surface area contributed by atoms with Crippen LogP contribution in [0, 0.1) is 10.6 Å². The van der Waals surface area contributed by atoms with Crippen LogP contribution in [0.4, 0.5) is 23.4 Å². The van der Waals surface area contributed by atoms with E-state index < -0.39 is 29.1 Å². The highest BCUT2D eigenvalue weighted by molar-refractivity contribution is 14.1. The van der Waals surface area contributed by atoms with Crippen molar-refractivity contribution >= 4 is 61.2 Å². The average Bonchev–Trinajstić information content (AvgIpc) is 3.72. The maximum absolute atomic E-state index is 14.9. The molecular weight excluding hydrogens is 759 g/mol. The van der Waals surface area contributed by atoms with Crippen molar-refractivity contribution in [2.24, 2.45) is 7.05 Å². The zero-order chi connectivity index (χ0) is 34.5. The minimum absolute atomic E-state index is 0.0401. The number of nitrogens with zero attached hydrogens (tertiary/aromatic N) is 7. The second-order valence-electron chi connectivity index (χ2n) is 13.9. The fourth-order valence-electron chi connectivity index (χ4n) is 8.20. The van der Waals surface area contributed by atoms with E-state index in [-0.39, 0.29) is 42.6 Å². The summed E-state index contributed by atoms with van der Waals surface area (Å²) < 4.78 is 73.4. The van der Waals surface area contributed by atoms with Crippen LogP contribution in [-0.4, -0.2) is 103 Å². The molecule has 5 aromatic rings. The van der Waals surface area contributed by atoms with Gasteiger partial charge in [0.2, 0.25) is 0 Å². The Labute approximate surface area is 292 Å². The molecule has 3 fully saturated rings. The molecule has 2 N–H and O–H groups in total. The maximum atomic E-state index is 14.9.